The van der Waals surface area contributed by atoms with Crippen LogP contribution in [-0.4, -0.2) is 8.07 Å². The molecule has 0 fully saturated rings. The topological polar surface area (TPSA) is 0 Å². The maximum Gasteiger partial charge on any atom is -1.00 e. The number of halogens is 3. The van der Waals surface area contributed by atoms with E-state index in [1.54, 1.807) is 8.90 Å². The second-order valence-electron chi connectivity index (χ2n) is 4.35. The second kappa shape index (κ2) is 8.57. The maximum absolute atomic E-state index is 2.45. The Morgan fingerprint density at radius 1 is 1.21 bits per heavy atom. The van der Waals surface area contributed by atoms with Crippen LogP contribution in [0.3, 0.4) is 0 Å². The molecule has 1 aliphatic rings. The molecule has 0 nitrogen and oxygen atoms in total. The number of allylic oxidation sites excluding steroid dienone is 4. The van der Waals surface area contributed by atoms with Crippen LogP contribution in [0.25, 0.3) is 0 Å². The summed E-state index contributed by atoms with van der Waals surface area (Å²) < 4.78 is 1.73. The third kappa shape index (κ3) is 7.69. The summed E-state index contributed by atoms with van der Waals surface area (Å²) in [5.41, 5.74) is 1.68. The van der Waals surface area contributed by atoms with Crippen LogP contribution in [0.15, 0.2) is 21.1 Å². The SMILES string of the molecule is C[Si](C)(C)CC1=[C]([Hf+3])CC=C1.[Cl-].[Cl-].[Cl-]. The van der Waals surface area contributed by atoms with Crippen LogP contribution in [-0.2, 0) is 24.4 Å². The summed E-state index contributed by atoms with van der Waals surface area (Å²) in [4.78, 5) is 0. The summed E-state index contributed by atoms with van der Waals surface area (Å²) in [6.45, 7) is 7.34. The summed E-state index contributed by atoms with van der Waals surface area (Å²) in [5.74, 6) is 0. The first kappa shape index (κ1) is 20.8. The van der Waals surface area contributed by atoms with Gasteiger partial charge in [-0.2, -0.15) is 0 Å². The van der Waals surface area contributed by atoms with Crippen molar-refractivity contribution in [2.75, 3.05) is 0 Å². The summed E-state index contributed by atoms with van der Waals surface area (Å²) in [5, 5.41) is 0. The van der Waals surface area contributed by atoms with Crippen molar-refractivity contribution in [3.05, 3.63) is 21.1 Å². The molecule has 0 aliphatic heterocycles. The molecular formula is C9H15Cl3HfSi. The molecule has 0 radical (unpaired) electrons. The molecule has 0 aromatic rings. The van der Waals surface area contributed by atoms with Gasteiger partial charge >= 0.3 is 85.6 Å². The molecule has 0 spiro atoms. The van der Waals surface area contributed by atoms with Crippen LogP contribution in [0, 0.1) is 0 Å². The Bertz CT molecular complexity index is 219. The Morgan fingerprint density at radius 3 is 2.00 bits per heavy atom. The molecule has 0 N–H and O–H groups in total. The first-order valence-electron chi connectivity index (χ1n) is 4.09. The summed E-state index contributed by atoms with van der Waals surface area (Å²) in [6, 6.07) is 1.39. The van der Waals surface area contributed by atoms with Crippen molar-refractivity contribution in [1.29, 1.82) is 0 Å². The van der Waals surface area contributed by atoms with E-state index in [0.29, 0.717) is 0 Å². The van der Waals surface area contributed by atoms with Crippen molar-refractivity contribution >= 4 is 8.07 Å². The van der Waals surface area contributed by atoms with Gasteiger partial charge in [0.1, 0.15) is 0 Å². The molecule has 1 rings (SSSR count). The molecule has 0 aromatic carbocycles. The zero-order valence-corrected chi connectivity index (χ0v) is 15.6. The average molecular weight is 436 g/mol. The van der Waals surface area contributed by atoms with E-state index in [4.69, 9.17) is 0 Å². The third-order valence-corrected chi connectivity index (χ3v) is 5.08. The molecule has 0 bridgehead atoms. The zero-order chi connectivity index (χ0) is 8.48. The first-order chi connectivity index (χ1) is 4.99. The first-order valence-corrected chi connectivity index (χ1v) is 9.59. The Hall–Kier alpha value is 1.44. The van der Waals surface area contributed by atoms with Crippen molar-refractivity contribution < 1.29 is 61.6 Å². The Balaban J connectivity index is -0.000000403. The third-order valence-electron chi connectivity index (χ3n) is 1.75. The van der Waals surface area contributed by atoms with Gasteiger partial charge in [-0.1, -0.05) is 0 Å². The van der Waals surface area contributed by atoms with Gasteiger partial charge in [0.25, 0.3) is 0 Å². The van der Waals surface area contributed by atoms with Crippen LogP contribution in [0.1, 0.15) is 6.42 Å². The van der Waals surface area contributed by atoms with Gasteiger partial charge in [0, 0.05) is 0 Å². The monoisotopic (exact) mass is 436 g/mol. The molecule has 5 heteroatoms. The van der Waals surface area contributed by atoms with Gasteiger partial charge in [-0.25, -0.2) is 0 Å². The minimum absolute atomic E-state index is 0. The van der Waals surface area contributed by atoms with Crippen LogP contribution in [0.4, 0.5) is 0 Å². The largest absolute Gasteiger partial charge is 1.00 e. The molecule has 1 aliphatic carbocycles. The van der Waals surface area contributed by atoms with E-state index in [1.165, 1.54) is 36.8 Å². The normalized spacial score (nSPS) is 14.4. The van der Waals surface area contributed by atoms with E-state index in [0.717, 1.165) is 0 Å². The summed E-state index contributed by atoms with van der Waals surface area (Å²) >= 11 is 1.27. The number of hydrogen-bond donors (Lipinski definition) is 0. The maximum atomic E-state index is 2.45. The van der Waals surface area contributed by atoms with Gasteiger partial charge in [-0.05, 0) is 0 Å². The Labute approximate surface area is 122 Å². The van der Waals surface area contributed by atoms with Gasteiger partial charge in [-0.3, -0.25) is 0 Å². The molecule has 0 aromatic heterocycles. The van der Waals surface area contributed by atoms with E-state index in [1.807, 2.05) is 0 Å². The van der Waals surface area contributed by atoms with E-state index in [9.17, 15) is 0 Å². The fourth-order valence-electron chi connectivity index (χ4n) is 1.29. The predicted octanol–water partition coefficient (Wildman–Crippen LogP) is -5.90. The molecule has 0 atom stereocenters. The van der Waals surface area contributed by atoms with Crippen LogP contribution in [0.2, 0.25) is 25.7 Å². The van der Waals surface area contributed by atoms with Gasteiger partial charge in [0.15, 0.2) is 0 Å². The molecule has 0 unspecified atom stereocenters. The van der Waals surface area contributed by atoms with Crippen molar-refractivity contribution in [2.45, 2.75) is 32.1 Å². The van der Waals surface area contributed by atoms with Gasteiger partial charge in [0.05, 0.1) is 0 Å². The molecule has 0 saturated heterocycles. The van der Waals surface area contributed by atoms with Crippen molar-refractivity contribution in [3.8, 4) is 0 Å². The quantitative estimate of drug-likeness (QED) is 0.379. The molecule has 0 heterocycles. The van der Waals surface area contributed by atoms with Crippen LogP contribution in [0.5, 0.6) is 0 Å². The summed E-state index contributed by atoms with van der Waals surface area (Å²) in [7, 11) is -0.851. The fraction of sp³-hybridized carbons (Fsp3) is 0.556. The van der Waals surface area contributed by atoms with Crippen molar-refractivity contribution in [2.24, 2.45) is 0 Å². The molecular weight excluding hydrogens is 421 g/mol. The summed E-state index contributed by atoms with van der Waals surface area (Å²) in [6.07, 6.45) is 5.92. The van der Waals surface area contributed by atoms with E-state index < -0.39 is 8.07 Å². The van der Waals surface area contributed by atoms with Gasteiger partial charge < -0.3 is 37.2 Å². The van der Waals surface area contributed by atoms with Gasteiger partial charge in [-0.15, -0.1) is 0 Å². The number of rotatable bonds is 2. The average Bonchev–Trinajstić information content (AvgIpc) is 2.12. The molecule has 80 valence electrons. The van der Waals surface area contributed by atoms with Crippen LogP contribution >= 0.6 is 0 Å². The zero-order valence-electron chi connectivity index (χ0n) is 8.70. The minimum Gasteiger partial charge on any atom is -1.00 e. The Kier molecular flexibility index (Phi) is 12.7. The van der Waals surface area contributed by atoms with E-state index in [-0.39, 0.29) is 37.2 Å². The van der Waals surface area contributed by atoms with Gasteiger partial charge in [0.2, 0.25) is 0 Å². The van der Waals surface area contributed by atoms with Crippen LogP contribution < -0.4 is 37.2 Å². The second-order valence-corrected chi connectivity index (χ2v) is 12.0. The fourth-order valence-corrected chi connectivity index (χ4v) is 4.44. The van der Waals surface area contributed by atoms with Crippen molar-refractivity contribution in [1.82, 2.24) is 0 Å². The van der Waals surface area contributed by atoms with E-state index in [2.05, 4.69) is 31.8 Å². The molecule has 0 saturated carbocycles. The number of hydrogen-bond acceptors (Lipinski definition) is 0. The smallest absolute Gasteiger partial charge is 1.00 e. The minimum atomic E-state index is -0.851. The van der Waals surface area contributed by atoms with Crippen molar-refractivity contribution in [3.63, 3.8) is 0 Å². The standard InChI is InChI=1S/C9H15Si.3ClH.Hf/c1-10(2,3)8-9-6-4-5-7-9;;;;/h4,6H,5,8H2,1-3H3;3*1H;/q;;;;+3/p-3. The molecule has 0 amide bonds. The Morgan fingerprint density at radius 2 is 1.71 bits per heavy atom. The predicted molar refractivity (Wildman–Crippen MR) is 48.9 cm³/mol. The van der Waals surface area contributed by atoms with E-state index >= 15 is 0 Å². The molecule has 14 heavy (non-hydrogen) atoms.